The Balaban J connectivity index is 2.60. The Labute approximate surface area is 66.1 Å². The number of aldehydes is 1. The first-order valence-electron chi connectivity index (χ1n) is 3.82. The van der Waals surface area contributed by atoms with Crippen molar-refractivity contribution in [2.45, 2.75) is 26.3 Å². The minimum atomic E-state index is 0.566. The molecule has 0 saturated carbocycles. The Kier molecular flexibility index (Phi) is 2.83. The van der Waals surface area contributed by atoms with Gasteiger partial charge >= 0.3 is 0 Å². The van der Waals surface area contributed by atoms with Crippen molar-refractivity contribution in [3.05, 3.63) is 18.2 Å². The highest BCUT2D eigenvalue weighted by Crippen LogP contribution is 1.99. The SMILES string of the molecule is CCn1ccnc1CCC=O. The number of nitrogens with zero attached hydrogens (tertiary/aromatic N) is 2. The van der Waals surface area contributed by atoms with Gasteiger partial charge in [-0.05, 0) is 6.92 Å². The van der Waals surface area contributed by atoms with E-state index in [0.29, 0.717) is 6.42 Å². The summed E-state index contributed by atoms with van der Waals surface area (Å²) in [5, 5.41) is 0. The summed E-state index contributed by atoms with van der Waals surface area (Å²) in [5.74, 6) is 1.000. The van der Waals surface area contributed by atoms with E-state index in [1.807, 2.05) is 10.8 Å². The third-order valence-corrected chi connectivity index (χ3v) is 1.63. The molecule has 0 amide bonds. The van der Waals surface area contributed by atoms with Crippen LogP contribution in [0.4, 0.5) is 0 Å². The lowest BCUT2D eigenvalue weighted by Gasteiger charge is -2.00. The lowest BCUT2D eigenvalue weighted by Crippen LogP contribution is -2.00. The van der Waals surface area contributed by atoms with Crippen molar-refractivity contribution in [1.29, 1.82) is 0 Å². The Morgan fingerprint density at radius 3 is 3.18 bits per heavy atom. The molecule has 0 spiro atoms. The largest absolute Gasteiger partial charge is 0.335 e. The van der Waals surface area contributed by atoms with Gasteiger partial charge in [0.1, 0.15) is 12.1 Å². The van der Waals surface area contributed by atoms with E-state index >= 15 is 0 Å². The molecule has 0 aliphatic rings. The van der Waals surface area contributed by atoms with Crippen LogP contribution in [0.1, 0.15) is 19.2 Å². The Morgan fingerprint density at radius 2 is 2.55 bits per heavy atom. The van der Waals surface area contributed by atoms with Crippen LogP contribution in [0.5, 0.6) is 0 Å². The lowest BCUT2D eigenvalue weighted by molar-refractivity contribution is -0.107. The number of hydrogen-bond donors (Lipinski definition) is 0. The van der Waals surface area contributed by atoms with Gasteiger partial charge < -0.3 is 9.36 Å². The van der Waals surface area contributed by atoms with E-state index in [4.69, 9.17) is 0 Å². The molecule has 0 radical (unpaired) electrons. The summed E-state index contributed by atoms with van der Waals surface area (Å²) in [6, 6.07) is 0. The fourth-order valence-corrected chi connectivity index (χ4v) is 1.04. The number of carbonyl (C=O) groups excluding carboxylic acids is 1. The van der Waals surface area contributed by atoms with Crippen LogP contribution in [0.2, 0.25) is 0 Å². The van der Waals surface area contributed by atoms with E-state index in [0.717, 1.165) is 25.1 Å². The topological polar surface area (TPSA) is 34.9 Å². The summed E-state index contributed by atoms with van der Waals surface area (Å²) >= 11 is 0. The normalized spacial score (nSPS) is 9.91. The van der Waals surface area contributed by atoms with Crippen molar-refractivity contribution in [1.82, 2.24) is 9.55 Å². The van der Waals surface area contributed by atoms with E-state index in [2.05, 4.69) is 11.9 Å². The summed E-state index contributed by atoms with van der Waals surface area (Å²) in [5.41, 5.74) is 0. The van der Waals surface area contributed by atoms with Crippen molar-refractivity contribution in [2.75, 3.05) is 0 Å². The van der Waals surface area contributed by atoms with Crippen LogP contribution in [0, 0.1) is 0 Å². The predicted octanol–water partition coefficient (Wildman–Crippen LogP) is 1.03. The molecule has 0 atom stereocenters. The molecule has 0 fully saturated rings. The maximum Gasteiger partial charge on any atom is 0.120 e. The zero-order valence-corrected chi connectivity index (χ0v) is 6.66. The van der Waals surface area contributed by atoms with Gasteiger partial charge in [-0.2, -0.15) is 0 Å². The van der Waals surface area contributed by atoms with Gasteiger partial charge in [0, 0.05) is 31.8 Å². The lowest BCUT2D eigenvalue weighted by atomic mass is 10.3. The molecule has 3 nitrogen and oxygen atoms in total. The fourth-order valence-electron chi connectivity index (χ4n) is 1.04. The molecular formula is C8H12N2O. The maximum atomic E-state index is 10.1. The number of hydrogen-bond acceptors (Lipinski definition) is 2. The van der Waals surface area contributed by atoms with Crippen molar-refractivity contribution < 1.29 is 4.79 Å². The molecule has 11 heavy (non-hydrogen) atoms. The second kappa shape index (κ2) is 3.91. The number of aromatic nitrogens is 2. The van der Waals surface area contributed by atoms with E-state index in [1.165, 1.54) is 0 Å². The molecule has 1 aromatic rings. The van der Waals surface area contributed by atoms with Crippen molar-refractivity contribution in [3.63, 3.8) is 0 Å². The van der Waals surface area contributed by atoms with Gasteiger partial charge in [-0.1, -0.05) is 0 Å². The molecule has 0 saturated heterocycles. The summed E-state index contributed by atoms with van der Waals surface area (Å²) in [4.78, 5) is 14.2. The third kappa shape index (κ3) is 1.90. The highest BCUT2D eigenvalue weighted by molar-refractivity contribution is 5.49. The van der Waals surface area contributed by atoms with Crippen LogP contribution < -0.4 is 0 Å². The van der Waals surface area contributed by atoms with E-state index in [9.17, 15) is 4.79 Å². The number of carbonyl (C=O) groups is 1. The smallest absolute Gasteiger partial charge is 0.120 e. The molecule has 0 unspecified atom stereocenters. The number of imidazole rings is 1. The van der Waals surface area contributed by atoms with Crippen LogP contribution in [-0.2, 0) is 17.8 Å². The Morgan fingerprint density at radius 1 is 1.73 bits per heavy atom. The molecule has 60 valence electrons. The monoisotopic (exact) mass is 152 g/mol. The first-order chi connectivity index (χ1) is 5.38. The molecule has 1 heterocycles. The maximum absolute atomic E-state index is 10.1. The van der Waals surface area contributed by atoms with Gasteiger partial charge in [0.2, 0.25) is 0 Å². The van der Waals surface area contributed by atoms with Crippen molar-refractivity contribution >= 4 is 6.29 Å². The van der Waals surface area contributed by atoms with Crippen LogP contribution in [0.3, 0.4) is 0 Å². The summed E-state index contributed by atoms with van der Waals surface area (Å²) in [6.07, 6.45) is 5.94. The summed E-state index contributed by atoms with van der Waals surface area (Å²) < 4.78 is 2.05. The average Bonchev–Trinajstić information content (AvgIpc) is 2.47. The predicted molar refractivity (Wildman–Crippen MR) is 42.3 cm³/mol. The molecule has 1 aromatic heterocycles. The standard InChI is InChI=1S/C8H12N2O/c1-2-10-6-5-9-8(10)4-3-7-11/h5-7H,2-4H2,1H3. The molecule has 0 aliphatic heterocycles. The second-order valence-corrected chi connectivity index (χ2v) is 2.33. The fraction of sp³-hybridized carbons (Fsp3) is 0.500. The number of rotatable bonds is 4. The molecular weight excluding hydrogens is 140 g/mol. The van der Waals surface area contributed by atoms with Gasteiger partial charge in [-0.15, -0.1) is 0 Å². The molecule has 0 N–H and O–H groups in total. The van der Waals surface area contributed by atoms with Crippen molar-refractivity contribution in [2.24, 2.45) is 0 Å². The third-order valence-electron chi connectivity index (χ3n) is 1.63. The summed E-state index contributed by atoms with van der Waals surface area (Å²) in [6.45, 7) is 2.99. The Bertz CT molecular complexity index is 230. The molecule has 3 heteroatoms. The van der Waals surface area contributed by atoms with E-state index in [-0.39, 0.29) is 0 Å². The highest BCUT2D eigenvalue weighted by atomic mass is 16.1. The van der Waals surface area contributed by atoms with E-state index in [1.54, 1.807) is 6.20 Å². The quantitative estimate of drug-likeness (QED) is 0.604. The van der Waals surface area contributed by atoms with Gasteiger partial charge in [-0.25, -0.2) is 4.98 Å². The highest BCUT2D eigenvalue weighted by Gasteiger charge is 1.98. The van der Waals surface area contributed by atoms with Gasteiger partial charge in [-0.3, -0.25) is 0 Å². The Hall–Kier alpha value is -1.12. The first kappa shape index (κ1) is 7.98. The van der Waals surface area contributed by atoms with Gasteiger partial charge in [0.15, 0.2) is 0 Å². The zero-order chi connectivity index (χ0) is 8.10. The molecule has 1 rings (SSSR count). The molecule has 0 aliphatic carbocycles. The summed E-state index contributed by atoms with van der Waals surface area (Å²) in [7, 11) is 0. The van der Waals surface area contributed by atoms with Crippen LogP contribution in [0.15, 0.2) is 12.4 Å². The first-order valence-corrected chi connectivity index (χ1v) is 3.82. The van der Waals surface area contributed by atoms with Gasteiger partial charge in [0.05, 0.1) is 0 Å². The van der Waals surface area contributed by atoms with Crippen molar-refractivity contribution in [3.8, 4) is 0 Å². The van der Waals surface area contributed by atoms with E-state index < -0.39 is 0 Å². The average molecular weight is 152 g/mol. The second-order valence-electron chi connectivity index (χ2n) is 2.33. The van der Waals surface area contributed by atoms with Crippen LogP contribution >= 0.6 is 0 Å². The number of aryl methyl sites for hydroxylation is 2. The minimum Gasteiger partial charge on any atom is -0.335 e. The minimum absolute atomic E-state index is 0.566. The molecule has 0 aromatic carbocycles. The van der Waals surface area contributed by atoms with Gasteiger partial charge in [0.25, 0.3) is 0 Å². The zero-order valence-electron chi connectivity index (χ0n) is 6.66. The molecule has 0 bridgehead atoms. The van der Waals surface area contributed by atoms with Crippen LogP contribution in [-0.4, -0.2) is 15.8 Å². The van der Waals surface area contributed by atoms with Crippen LogP contribution in [0.25, 0.3) is 0 Å².